The van der Waals surface area contributed by atoms with E-state index in [1.165, 1.54) is 22.3 Å². The van der Waals surface area contributed by atoms with Crippen molar-refractivity contribution in [1.82, 2.24) is 5.01 Å². The molecule has 27 heavy (non-hydrogen) atoms. The van der Waals surface area contributed by atoms with Crippen molar-refractivity contribution in [3.63, 3.8) is 0 Å². The molecule has 0 N–H and O–H groups in total. The SMILES string of the molecule is CC1(C)Oc2ccccc2[C@H]2CC(c3ccc(-c4ccccc4)cc3)=NN21. The van der Waals surface area contributed by atoms with Crippen molar-refractivity contribution < 1.29 is 4.74 Å². The van der Waals surface area contributed by atoms with Crippen LogP contribution >= 0.6 is 0 Å². The average Bonchev–Trinajstić information content (AvgIpc) is 3.16. The highest BCUT2D eigenvalue weighted by atomic mass is 16.5. The van der Waals surface area contributed by atoms with E-state index in [9.17, 15) is 0 Å². The summed E-state index contributed by atoms with van der Waals surface area (Å²) in [4.78, 5) is 0. The Morgan fingerprint density at radius 1 is 0.815 bits per heavy atom. The molecule has 0 aliphatic carbocycles. The summed E-state index contributed by atoms with van der Waals surface area (Å²) in [7, 11) is 0. The summed E-state index contributed by atoms with van der Waals surface area (Å²) in [5.74, 6) is 0.972. The van der Waals surface area contributed by atoms with Gasteiger partial charge in [-0.2, -0.15) is 5.10 Å². The Kier molecular flexibility index (Phi) is 3.57. The minimum absolute atomic E-state index is 0.230. The monoisotopic (exact) mass is 354 g/mol. The maximum absolute atomic E-state index is 6.21. The van der Waals surface area contributed by atoms with Gasteiger partial charge in [0, 0.05) is 12.0 Å². The van der Waals surface area contributed by atoms with Gasteiger partial charge in [-0.15, -0.1) is 0 Å². The zero-order chi connectivity index (χ0) is 18.4. The first-order valence-electron chi connectivity index (χ1n) is 9.42. The van der Waals surface area contributed by atoms with Crippen LogP contribution in [0, 0.1) is 0 Å². The minimum Gasteiger partial charge on any atom is -0.467 e. The minimum atomic E-state index is -0.454. The Labute approximate surface area is 159 Å². The van der Waals surface area contributed by atoms with E-state index in [-0.39, 0.29) is 6.04 Å². The van der Waals surface area contributed by atoms with Crippen LogP contribution in [0.3, 0.4) is 0 Å². The topological polar surface area (TPSA) is 24.8 Å². The molecule has 0 radical (unpaired) electrons. The second-order valence-electron chi connectivity index (χ2n) is 7.64. The van der Waals surface area contributed by atoms with Gasteiger partial charge in [0.25, 0.3) is 0 Å². The second kappa shape index (κ2) is 5.98. The molecule has 1 atom stereocenters. The Bertz CT molecular complexity index is 1010. The summed E-state index contributed by atoms with van der Waals surface area (Å²) in [5, 5.41) is 7.08. The van der Waals surface area contributed by atoms with Crippen LogP contribution < -0.4 is 4.74 Å². The first kappa shape index (κ1) is 16.1. The van der Waals surface area contributed by atoms with E-state index < -0.39 is 5.72 Å². The molecule has 0 spiro atoms. The fourth-order valence-electron chi connectivity index (χ4n) is 4.07. The molecule has 3 aromatic carbocycles. The average molecular weight is 354 g/mol. The molecule has 2 aliphatic heterocycles. The number of para-hydroxylation sites is 1. The van der Waals surface area contributed by atoms with Gasteiger partial charge >= 0.3 is 0 Å². The Morgan fingerprint density at radius 2 is 1.44 bits per heavy atom. The quantitative estimate of drug-likeness (QED) is 0.595. The first-order chi connectivity index (χ1) is 13.1. The molecular weight excluding hydrogens is 332 g/mol. The van der Waals surface area contributed by atoms with Crippen molar-refractivity contribution in [3.05, 3.63) is 90.0 Å². The van der Waals surface area contributed by atoms with Gasteiger partial charge in [-0.05, 0) is 36.6 Å². The normalized spacial score (nSPS) is 19.7. The molecule has 0 bridgehead atoms. The van der Waals surface area contributed by atoms with Crippen LogP contribution in [0.15, 0.2) is 84.0 Å². The number of hydrogen-bond donors (Lipinski definition) is 0. The zero-order valence-corrected chi connectivity index (χ0v) is 15.6. The van der Waals surface area contributed by atoms with Crippen molar-refractivity contribution in [2.45, 2.75) is 32.0 Å². The molecule has 3 heteroatoms. The molecule has 0 fully saturated rings. The largest absolute Gasteiger partial charge is 0.467 e. The fraction of sp³-hybridized carbons (Fsp3) is 0.208. The van der Waals surface area contributed by atoms with Crippen molar-refractivity contribution in [2.24, 2.45) is 5.10 Å². The molecule has 134 valence electrons. The van der Waals surface area contributed by atoms with Gasteiger partial charge in [-0.3, -0.25) is 0 Å². The first-order valence-corrected chi connectivity index (χ1v) is 9.42. The lowest BCUT2D eigenvalue weighted by atomic mass is 9.94. The highest BCUT2D eigenvalue weighted by Gasteiger charge is 2.44. The second-order valence-corrected chi connectivity index (χ2v) is 7.64. The number of ether oxygens (including phenoxy) is 1. The van der Waals surface area contributed by atoms with Gasteiger partial charge in [-0.1, -0.05) is 72.8 Å². The maximum atomic E-state index is 6.21. The van der Waals surface area contributed by atoms with E-state index in [2.05, 4.69) is 85.6 Å². The molecule has 3 nitrogen and oxygen atoms in total. The summed E-state index contributed by atoms with van der Waals surface area (Å²) in [6, 6.07) is 27.7. The summed E-state index contributed by atoms with van der Waals surface area (Å²) < 4.78 is 6.21. The van der Waals surface area contributed by atoms with Gasteiger partial charge < -0.3 is 4.74 Å². The number of fused-ring (bicyclic) bond motifs is 3. The number of hydrogen-bond acceptors (Lipinski definition) is 3. The van der Waals surface area contributed by atoms with Crippen LogP contribution in [0.5, 0.6) is 5.75 Å². The van der Waals surface area contributed by atoms with Crippen molar-refractivity contribution in [3.8, 4) is 16.9 Å². The summed E-state index contributed by atoms with van der Waals surface area (Å²) in [5.41, 5.74) is 5.52. The van der Waals surface area contributed by atoms with E-state index in [1.54, 1.807) is 0 Å². The molecule has 0 amide bonds. The Balaban J connectivity index is 1.48. The van der Waals surface area contributed by atoms with Crippen LogP contribution in [-0.4, -0.2) is 16.4 Å². The number of hydrazone groups is 1. The van der Waals surface area contributed by atoms with Gasteiger partial charge in [0.05, 0.1) is 11.8 Å². The lowest BCUT2D eigenvalue weighted by molar-refractivity contribution is -0.0911. The molecule has 0 aromatic heterocycles. The molecule has 0 saturated heterocycles. The van der Waals surface area contributed by atoms with Crippen molar-refractivity contribution in [2.75, 3.05) is 0 Å². The Morgan fingerprint density at radius 3 is 2.22 bits per heavy atom. The van der Waals surface area contributed by atoms with Crippen LogP contribution in [0.4, 0.5) is 0 Å². The molecular formula is C24H22N2O. The van der Waals surface area contributed by atoms with Crippen molar-refractivity contribution >= 4 is 5.71 Å². The highest BCUT2D eigenvalue weighted by Crippen LogP contribution is 2.46. The van der Waals surface area contributed by atoms with Gasteiger partial charge in [0.1, 0.15) is 5.75 Å². The van der Waals surface area contributed by atoms with Crippen LogP contribution in [0.25, 0.3) is 11.1 Å². The fourth-order valence-corrected chi connectivity index (χ4v) is 4.07. The third kappa shape index (κ3) is 2.71. The van der Waals surface area contributed by atoms with Crippen LogP contribution in [0.1, 0.15) is 37.4 Å². The third-order valence-electron chi connectivity index (χ3n) is 5.43. The van der Waals surface area contributed by atoms with E-state index >= 15 is 0 Å². The molecule has 2 heterocycles. The van der Waals surface area contributed by atoms with Gasteiger partial charge in [0.2, 0.25) is 0 Å². The summed E-state index contributed by atoms with van der Waals surface area (Å²) in [6.45, 7) is 4.17. The van der Waals surface area contributed by atoms with E-state index in [4.69, 9.17) is 9.84 Å². The van der Waals surface area contributed by atoms with E-state index in [1.807, 2.05) is 12.1 Å². The Hall–Kier alpha value is -3.07. The predicted octanol–water partition coefficient (Wildman–Crippen LogP) is 5.63. The standard InChI is InChI=1S/C24H22N2O/c1-24(2)26-22(20-10-6-7-11-23(20)27-24)16-21(25-26)19-14-12-18(13-15-19)17-8-4-3-5-9-17/h3-15,22H,16H2,1-2H3/t22-/m1/s1. The lowest BCUT2D eigenvalue weighted by Gasteiger charge is -2.43. The third-order valence-corrected chi connectivity index (χ3v) is 5.43. The molecule has 5 rings (SSSR count). The smallest absolute Gasteiger partial charge is 0.192 e. The summed E-state index contributed by atoms with van der Waals surface area (Å²) >= 11 is 0. The maximum Gasteiger partial charge on any atom is 0.192 e. The number of nitrogens with zero attached hydrogens (tertiary/aromatic N) is 2. The van der Waals surface area contributed by atoms with Gasteiger partial charge in [0.15, 0.2) is 5.72 Å². The van der Waals surface area contributed by atoms with E-state index in [0.717, 1.165) is 17.9 Å². The number of benzene rings is 3. The lowest BCUT2D eigenvalue weighted by Crippen LogP contribution is -2.48. The van der Waals surface area contributed by atoms with Crippen LogP contribution in [0.2, 0.25) is 0 Å². The molecule has 0 unspecified atom stereocenters. The van der Waals surface area contributed by atoms with Crippen LogP contribution in [-0.2, 0) is 0 Å². The predicted molar refractivity (Wildman–Crippen MR) is 109 cm³/mol. The molecule has 2 aliphatic rings. The summed E-state index contributed by atoms with van der Waals surface area (Å²) in [6.07, 6.45) is 0.897. The van der Waals surface area contributed by atoms with Gasteiger partial charge in [-0.25, -0.2) is 5.01 Å². The highest BCUT2D eigenvalue weighted by molar-refractivity contribution is 6.02. The molecule has 0 saturated carbocycles. The van der Waals surface area contributed by atoms with E-state index in [0.29, 0.717) is 0 Å². The number of rotatable bonds is 2. The zero-order valence-electron chi connectivity index (χ0n) is 15.6. The molecule has 3 aromatic rings. The van der Waals surface area contributed by atoms with Crippen molar-refractivity contribution in [1.29, 1.82) is 0 Å².